The Labute approximate surface area is 228 Å². The predicted molar refractivity (Wildman–Crippen MR) is 160 cm³/mol. The van der Waals surface area contributed by atoms with Crippen molar-refractivity contribution < 1.29 is 9.59 Å². The van der Waals surface area contributed by atoms with E-state index in [4.69, 9.17) is 0 Å². The number of nitrogens with one attached hydrogen (secondary N) is 2. The smallest absolute Gasteiger partial charge is 0.260 e. The van der Waals surface area contributed by atoms with Crippen LogP contribution in [-0.4, -0.2) is 49.9 Å². The summed E-state index contributed by atoms with van der Waals surface area (Å²) < 4.78 is 0. The highest BCUT2D eigenvalue weighted by atomic mass is 16.2. The summed E-state index contributed by atoms with van der Waals surface area (Å²) in [6.45, 7) is 4.13. The molecule has 0 radical (unpaired) electrons. The van der Waals surface area contributed by atoms with Crippen molar-refractivity contribution in [2.45, 2.75) is 0 Å². The molecule has 6 heteroatoms. The van der Waals surface area contributed by atoms with Gasteiger partial charge in [-0.05, 0) is 71.4 Å². The summed E-state index contributed by atoms with van der Waals surface area (Å²) in [5, 5.41) is 8.09. The summed E-state index contributed by atoms with van der Waals surface area (Å²) in [6.07, 6.45) is 5.73. The summed E-state index contributed by atoms with van der Waals surface area (Å²) in [7, 11) is 2.15. The van der Waals surface area contributed by atoms with Gasteiger partial charge in [-0.25, -0.2) is 0 Å². The van der Waals surface area contributed by atoms with E-state index in [2.05, 4.69) is 69.9 Å². The fraction of sp³-hybridized carbons (Fsp3) is 0.152. The maximum atomic E-state index is 12.8. The van der Waals surface area contributed by atoms with E-state index in [1.807, 2.05) is 48.6 Å². The first-order valence-electron chi connectivity index (χ1n) is 13.2. The van der Waals surface area contributed by atoms with Crippen LogP contribution in [0.25, 0.3) is 28.5 Å². The van der Waals surface area contributed by atoms with Gasteiger partial charge in [0.15, 0.2) is 0 Å². The monoisotopic (exact) mass is 514 g/mol. The van der Waals surface area contributed by atoms with Gasteiger partial charge in [0.25, 0.3) is 11.8 Å². The van der Waals surface area contributed by atoms with Gasteiger partial charge in [0, 0.05) is 54.9 Å². The average Bonchev–Trinajstić information content (AvgIpc) is 2.96. The number of fused-ring (bicyclic) bond motifs is 2. The van der Waals surface area contributed by atoms with Crippen molar-refractivity contribution in [3.05, 3.63) is 113 Å². The van der Waals surface area contributed by atoms with Gasteiger partial charge in [-0.3, -0.25) is 14.9 Å². The van der Waals surface area contributed by atoms with Crippen LogP contribution in [0.15, 0.2) is 91.1 Å². The maximum Gasteiger partial charge on any atom is 0.260 e. The molecule has 194 valence electrons. The van der Waals surface area contributed by atoms with E-state index < -0.39 is 5.91 Å². The Morgan fingerprint density at radius 2 is 1.41 bits per heavy atom. The van der Waals surface area contributed by atoms with Gasteiger partial charge in [0.05, 0.1) is 5.57 Å². The van der Waals surface area contributed by atoms with Crippen LogP contribution in [0.4, 0.5) is 11.4 Å². The lowest BCUT2D eigenvalue weighted by atomic mass is 9.93. The highest BCUT2D eigenvalue weighted by Crippen LogP contribution is 2.27. The highest BCUT2D eigenvalue weighted by molar-refractivity contribution is 6.31. The number of anilines is 2. The molecule has 6 rings (SSSR count). The number of rotatable bonds is 5. The van der Waals surface area contributed by atoms with Crippen LogP contribution < -0.4 is 15.5 Å². The van der Waals surface area contributed by atoms with Crippen LogP contribution in [0.1, 0.15) is 27.0 Å². The second-order valence-corrected chi connectivity index (χ2v) is 10.1. The molecule has 1 fully saturated rings. The first-order chi connectivity index (χ1) is 19.0. The van der Waals surface area contributed by atoms with E-state index in [1.54, 1.807) is 12.3 Å². The first kappa shape index (κ1) is 24.6. The normalized spacial score (nSPS) is 17.1. The maximum absolute atomic E-state index is 12.8. The number of carbonyl (C=O) groups is 2. The van der Waals surface area contributed by atoms with Crippen LogP contribution in [0.3, 0.4) is 0 Å². The highest BCUT2D eigenvalue weighted by Gasteiger charge is 2.27. The van der Waals surface area contributed by atoms with Gasteiger partial charge in [0.1, 0.15) is 0 Å². The van der Waals surface area contributed by atoms with Crippen LogP contribution in [0, 0.1) is 0 Å². The van der Waals surface area contributed by atoms with Crippen LogP contribution in [0.2, 0.25) is 0 Å². The number of piperazine rings is 1. The molecule has 4 aromatic rings. The molecule has 6 nitrogen and oxygen atoms in total. The van der Waals surface area contributed by atoms with E-state index in [1.165, 1.54) is 16.5 Å². The average molecular weight is 515 g/mol. The minimum atomic E-state index is -0.412. The standard InChI is InChI=1S/C33H30N4O2/c1-36-16-18-37(19-17-36)28-13-11-27(12-14-28)34-22-31-30-21-24(9-15-29(30)32(38)35-33(31)39)7-6-23-8-10-25-4-2-3-5-26(25)20-23/h2-15,20-22,34H,16-19H2,1H3,(H,35,38,39). The molecule has 1 saturated heterocycles. The zero-order valence-electron chi connectivity index (χ0n) is 21.9. The van der Waals surface area contributed by atoms with Crippen LogP contribution in [-0.2, 0) is 4.79 Å². The molecule has 0 spiro atoms. The predicted octanol–water partition coefficient (Wildman–Crippen LogP) is 5.49. The molecule has 0 unspecified atom stereocenters. The second kappa shape index (κ2) is 10.6. The second-order valence-electron chi connectivity index (χ2n) is 10.1. The molecule has 0 aliphatic carbocycles. The lowest BCUT2D eigenvalue weighted by molar-refractivity contribution is -0.114. The minimum Gasteiger partial charge on any atom is -0.369 e. The third kappa shape index (κ3) is 5.33. The van der Waals surface area contributed by atoms with Crippen molar-refractivity contribution in [3.8, 4) is 0 Å². The molecule has 2 N–H and O–H groups in total. The van der Waals surface area contributed by atoms with Crippen molar-refractivity contribution in [3.63, 3.8) is 0 Å². The molecule has 0 atom stereocenters. The number of benzene rings is 4. The zero-order chi connectivity index (χ0) is 26.8. The van der Waals surface area contributed by atoms with E-state index >= 15 is 0 Å². The Bertz CT molecular complexity index is 1610. The van der Waals surface area contributed by atoms with E-state index in [9.17, 15) is 9.59 Å². The van der Waals surface area contributed by atoms with E-state index in [0.717, 1.165) is 43.0 Å². The number of carbonyl (C=O) groups excluding carboxylic acids is 2. The van der Waals surface area contributed by atoms with Crippen molar-refractivity contribution in [2.75, 3.05) is 43.4 Å². The Hall–Kier alpha value is -4.68. The van der Waals surface area contributed by atoms with Crippen LogP contribution in [0.5, 0.6) is 0 Å². The Morgan fingerprint density at radius 3 is 2.18 bits per heavy atom. The lowest BCUT2D eigenvalue weighted by Crippen LogP contribution is -2.44. The number of nitrogens with zero attached hydrogens (tertiary/aromatic N) is 2. The first-order valence-corrected chi connectivity index (χ1v) is 13.2. The molecular formula is C33H30N4O2. The van der Waals surface area contributed by atoms with E-state index in [0.29, 0.717) is 16.7 Å². The summed E-state index contributed by atoms with van der Waals surface area (Å²) in [5.74, 6) is -0.793. The summed E-state index contributed by atoms with van der Waals surface area (Å²) in [4.78, 5) is 30.1. The van der Waals surface area contributed by atoms with Gasteiger partial charge in [-0.15, -0.1) is 0 Å². The number of amides is 2. The van der Waals surface area contributed by atoms with Gasteiger partial charge in [-0.1, -0.05) is 54.6 Å². The van der Waals surface area contributed by atoms with Crippen molar-refractivity contribution in [2.24, 2.45) is 0 Å². The molecule has 2 heterocycles. The minimum absolute atomic E-state index is 0.381. The fourth-order valence-corrected chi connectivity index (χ4v) is 5.08. The third-order valence-corrected chi connectivity index (χ3v) is 7.41. The molecular weight excluding hydrogens is 484 g/mol. The van der Waals surface area contributed by atoms with E-state index in [-0.39, 0.29) is 5.91 Å². The SMILES string of the molecule is CN1CCN(c2ccc(NC=C3C(=O)NC(=O)c4ccc(C=Cc5ccc6ccccc6c5)cc43)cc2)CC1. The molecule has 0 bridgehead atoms. The molecule has 4 aromatic carbocycles. The fourth-order valence-electron chi connectivity index (χ4n) is 5.08. The summed E-state index contributed by atoms with van der Waals surface area (Å²) >= 11 is 0. The molecule has 0 saturated carbocycles. The number of likely N-dealkylation sites (N-methyl/N-ethyl adjacent to an activating group) is 1. The topological polar surface area (TPSA) is 64.7 Å². The summed E-state index contributed by atoms with van der Waals surface area (Å²) in [5.41, 5.74) is 5.58. The van der Waals surface area contributed by atoms with Gasteiger partial charge < -0.3 is 15.1 Å². The number of imide groups is 1. The quantitative estimate of drug-likeness (QED) is 0.210. The Balaban J connectivity index is 1.23. The molecule has 2 amide bonds. The van der Waals surface area contributed by atoms with Gasteiger partial charge in [0.2, 0.25) is 0 Å². The van der Waals surface area contributed by atoms with Crippen molar-refractivity contribution in [1.82, 2.24) is 10.2 Å². The zero-order valence-corrected chi connectivity index (χ0v) is 21.9. The van der Waals surface area contributed by atoms with Crippen LogP contribution >= 0.6 is 0 Å². The third-order valence-electron chi connectivity index (χ3n) is 7.41. The molecule has 2 aliphatic rings. The Kier molecular flexibility index (Phi) is 6.69. The molecule has 2 aliphatic heterocycles. The number of hydrogen-bond donors (Lipinski definition) is 2. The molecule has 0 aromatic heterocycles. The lowest BCUT2D eigenvalue weighted by Gasteiger charge is -2.34. The Morgan fingerprint density at radius 1 is 0.718 bits per heavy atom. The molecule has 39 heavy (non-hydrogen) atoms. The van der Waals surface area contributed by atoms with Gasteiger partial charge in [-0.2, -0.15) is 0 Å². The summed E-state index contributed by atoms with van der Waals surface area (Å²) in [6, 6.07) is 28.4. The van der Waals surface area contributed by atoms with Crippen molar-refractivity contribution in [1.29, 1.82) is 0 Å². The number of hydrogen-bond acceptors (Lipinski definition) is 5. The largest absolute Gasteiger partial charge is 0.369 e. The van der Waals surface area contributed by atoms with Crippen molar-refractivity contribution >= 4 is 51.7 Å². The van der Waals surface area contributed by atoms with Gasteiger partial charge >= 0.3 is 0 Å².